The Kier molecular flexibility index (Phi) is 4.55. The fourth-order valence-corrected chi connectivity index (χ4v) is 7.57. The van der Waals surface area contributed by atoms with Crippen molar-refractivity contribution in [3.63, 3.8) is 0 Å². The van der Waals surface area contributed by atoms with Gasteiger partial charge in [-0.15, -0.1) is 0 Å². The lowest BCUT2D eigenvalue weighted by Crippen LogP contribution is -2.55. The van der Waals surface area contributed by atoms with Gasteiger partial charge in [0.25, 0.3) is 0 Å². The third-order valence-corrected chi connectivity index (χ3v) is 8.14. The van der Waals surface area contributed by atoms with Crippen molar-refractivity contribution in [1.82, 2.24) is 9.80 Å². The maximum Gasteiger partial charge on any atom is 0.226 e. The van der Waals surface area contributed by atoms with Gasteiger partial charge in [0.05, 0.1) is 12.2 Å². The average Bonchev–Trinajstić information content (AvgIpc) is 3.00. The molecule has 3 unspecified atom stereocenters. The Bertz CT molecular complexity index is 512. The second kappa shape index (κ2) is 6.77. The van der Waals surface area contributed by atoms with Gasteiger partial charge in [0.1, 0.15) is 0 Å². The van der Waals surface area contributed by atoms with Crippen LogP contribution < -0.4 is 0 Å². The van der Waals surface area contributed by atoms with Crippen molar-refractivity contribution in [2.75, 3.05) is 26.2 Å². The zero-order valence-corrected chi connectivity index (χ0v) is 16.6. The summed E-state index contributed by atoms with van der Waals surface area (Å²) in [7, 11) is 0. The van der Waals surface area contributed by atoms with Crippen molar-refractivity contribution in [3.05, 3.63) is 0 Å². The normalized spacial score (nSPS) is 48.3. The topological polar surface area (TPSA) is 32.8 Å². The first-order chi connectivity index (χ1) is 12.6. The fourth-order valence-electron chi connectivity index (χ4n) is 7.57. The van der Waals surface area contributed by atoms with Crippen molar-refractivity contribution in [1.29, 1.82) is 0 Å². The molecule has 6 aliphatic rings. The van der Waals surface area contributed by atoms with E-state index in [4.69, 9.17) is 4.74 Å². The van der Waals surface area contributed by atoms with Crippen LogP contribution >= 0.6 is 0 Å². The lowest BCUT2D eigenvalue weighted by molar-refractivity contribution is -0.150. The monoisotopic (exact) mass is 360 g/mol. The molecular weight excluding hydrogens is 324 g/mol. The maximum absolute atomic E-state index is 13.6. The summed E-state index contributed by atoms with van der Waals surface area (Å²) < 4.78 is 5.89. The largest absolute Gasteiger partial charge is 0.373 e. The summed E-state index contributed by atoms with van der Waals surface area (Å²) in [6, 6.07) is 0.442. The van der Waals surface area contributed by atoms with E-state index in [0.717, 1.165) is 38.0 Å². The first kappa shape index (κ1) is 17.5. The van der Waals surface area contributed by atoms with Crippen molar-refractivity contribution in [3.8, 4) is 0 Å². The van der Waals surface area contributed by atoms with Crippen LogP contribution in [0, 0.1) is 29.6 Å². The third-order valence-electron chi connectivity index (χ3n) is 8.14. The van der Waals surface area contributed by atoms with Gasteiger partial charge in [-0.05, 0) is 82.5 Å². The minimum absolute atomic E-state index is 0.314. The summed E-state index contributed by atoms with van der Waals surface area (Å²) in [5.41, 5.74) is 0. The van der Waals surface area contributed by atoms with E-state index >= 15 is 0 Å². The number of nitrogens with zero attached hydrogens (tertiary/aromatic N) is 2. The maximum atomic E-state index is 13.6. The standard InChI is InChI=1S/C22H36N2O2/c1-14-11-23(12-15(2)26-14)13-20-4-3-5-24(20)22(25)21-18-7-16-6-17(9-18)10-19(21)8-16/h14-21H,3-13H2,1-2H3. The van der Waals surface area contributed by atoms with Crippen LogP contribution in [0.4, 0.5) is 0 Å². The van der Waals surface area contributed by atoms with Crippen LogP contribution in [-0.2, 0) is 9.53 Å². The van der Waals surface area contributed by atoms with Gasteiger partial charge in [0, 0.05) is 38.1 Å². The summed E-state index contributed by atoms with van der Waals surface area (Å²) in [4.78, 5) is 18.5. The van der Waals surface area contributed by atoms with E-state index in [1.54, 1.807) is 0 Å². The molecule has 146 valence electrons. The van der Waals surface area contributed by atoms with Gasteiger partial charge in [-0.3, -0.25) is 9.69 Å². The van der Waals surface area contributed by atoms with E-state index < -0.39 is 0 Å². The lowest BCUT2D eigenvalue weighted by atomic mass is 9.51. The van der Waals surface area contributed by atoms with E-state index in [0.29, 0.717) is 41.9 Å². The highest BCUT2D eigenvalue weighted by atomic mass is 16.5. The van der Waals surface area contributed by atoms with Gasteiger partial charge in [0.2, 0.25) is 5.91 Å². The summed E-state index contributed by atoms with van der Waals surface area (Å²) >= 11 is 0. The molecule has 3 atom stereocenters. The molecule has 6 fully saturated rings. The highest BCUT2D eigenvalue weighted by Crippen LogP contribution is 2.57. The molecule has 6 rings (SSSR count). The molecule has 4 bridgehead atoms. The number of rotatable bonds is 3. The van der Waals surface area contributed by atoms with Gasteiger partial charge >= 0.3 is 0 Å². The minimum Gasteiger partial charge on any atom is -0.373 e. The predicted octanol–water partition coefficient (Wildman–Crippen LogP) is 3.16. The molecule has 0 N–H and O–H groups in total. The van der Waals surface area contributed by atoms with E-state index in [1.807, 2.05) is 0 Å². The first-order valence-corrected chi connectivity index (χ1v) is 11.2. The van der Waals surface area contributed by atoms with Crippen LogP contribution in [0.2, 0.25) is 0 Å². The van der Waals surface area contributed by atoms with Crippen LogP contribution in [0.25, 0.3) is 0 Å². The average molecular weight is 361 g/mol. The summed E-state index contributed by atoms with van der Waals surface area (Å²) in [6.45, 7) is 8.43. The molecule has 4 aliphatic carbocycles. The Hall–Kier alpha value is -0.610. The molecule has 0 radical (unpaired) electrons. The van der Waals surface area contributed by atoms with Gasteiger partial charge in [-0.25, -0.2) is 0 Å². The van der Waals surface area contributed by atoms with E-state index in [-0.39, 0.29) is 0 Å². The van der Waals surface area contributed by atoms with Crippen molar-refractivity contribution < 1.29 is 9.53 Å². The molecule has 2 heterocycles. The zero-order valence-electron chi connectivity index (χ0n) is 16.6. The molecule has 2 saturated heterocycles. The molecule has 1 amide bonds. The molecule has 26 heavy (non-hydrogen) atoms. The zero-order chi connectivity index (χ0) is 17.8. The highest BCUT2D eigenvalue weighted by Gasteiger charge is 2.52. The molecule has 4 heteroatoms. The van der Waals surface area contributed by atoms with E-state index in [2.05, 4.69) is 23.6 Å². The number of likely N-dealkylation sites (tertiary alicyclic amines) is 1. The molecule has 4 saturated carbocycles. The molecular formula is C22H36N2O2. The van der Waals surface area contributed by atoms with Crippen LogP contribution in [0.15, 0.2) is 0 Å². The quantitative estimate of drug-likeness (QED) is 0.775. The Morgan fingerprint density at radius 3 is 2.19 bits per heavy atom. The van der Waals surface area contributed by atoms with Crippen molar-refractivity contribution >= 4 is 5.91 Å². The van der Waals surface area contributed by atoms with Gasteiger partial charge in [-0.2, -0.15) is 0 Å². The number of carbonyl (C=O) groups excluding carboxylic acids is 1. The predicted molar refractivity (Wildman–Crippen MR) is 102 cm³/mol. The second-order valence-corrected chi connectivity index (χ2v) is 10.3. The lowest BCUT2D eigenvalue weighted by Gasteiger charge is -2.54. The molecule has 0 aromatic heterocycles. The second-order valence-electron chi connectivity index (χ2n) is 10.3. The molecule has 0 spiro atoms. The number of amides is 1. The van der Waals surface area contributed by atoms with Gasteiger partial charge in [-0.1, -0.05) is 0 Å². The number of morpholine rings is 1. The van der Waals surface area contributed by atoms with Gasteiger partial charge < -0.3 is 9.64 Å². The Balaban J connectivity index is 1.26. The minimum atomic E-state index is 0.314. The number of ether oxygens (including phenoxy) is 1. The summed E-state index contributed by atoms with van der Waals surface area (Å²) in [5.74, 6) is 4.23. The SMILES string of the molecule is CC1CN(CC2CCCN2C(=O)C2C3CC4CC(C3)CC2C4)CC(C)O1. The third kappa shape index (κ3) is 3.11. The number of hydrogen-bond donors (Lipinski definition) is 0. The molecule has 2 aliphatic heterocycles. The summed E-state index contributed by atoms with van der Waals surface area (Å²) in [5, 5.41) is 0. The fraction of sp³-hybridized carbons (Fsp3) is 0.955. The van der Waals surface area contributed by atoms with E-state index in [1.165, 1.54) is 44.9 Å². The van der Waals surface area contributed by atoms with Crippen LogP contribution in [0.1, 0.15) is 58.8 Å². The Morgan fingerprint density at radius 1 is 0.962 bits per heavy atom. The first-order valence-electron chi connectivity index (χ1n) is 11.2. The number of carbonyl (C=O) groups is 1. The number of hydrogen-bond acceptors (Lipinski definition) is 3. The van der Waals surface area contributed by atoms with Crippen LogP contribution in [0.3, 0.4) is 0 Å². The van der Waals surface area contributed by atoms with E-state index in [9.17, 15) is 4.79 Å². The van der Waals surface area contributed by atoms with Gasteiger partial charge in [0.15, 0.2) is 0 Å². The summed E-state index contributed by atoms with van der Waals surface area (Å²) in [6.07, 6.45) is 9.87. The van der Waals surface area contributed by atoms with Crippen LogP contribution in [-0.4, -0.2) is 60.1 Å². The van der Waals surface area contributed by atoms with Crippen LogP contribution in [0.5, 0.6) is 0 Å². The molecule has 4 nitrogen and oxygen atoms in total. The smallest absolute Gasteiger partial charge is 0.226 e. The Labute approximate surface area is 158 Å². The Morgan fingerprint density at radius 2 is 1.58 bits per heavy atom. The highest BCUT2D eigenvalue weighted by molar-refractivity contribution is 5.80. The molecule has 0 aromatic rings. The molecule has 0 aromatic carbocycles. The van der Waals surface area contributed by atoms with Crippen molar-refractivity contribution in [2.24, 2.45) is 29.6 Å². The van der Waals surface area contributed by atoms with Crippen molar-refractivity contribution in [2.45, 2.75) is 77.0 Å².